The van der Waals surface area contributed by atoms with E-state index >= 15 is 0 Å². The van der Waals surface area contributed by atoms with Crippen LogP contribution in [0.2, 0.25) is 0 Å². The zero-order chi connectivity index (χ0) is 24.6. The summed E-state index contributed by atoms with van der Waals surface area (Å²) in [7, 11) is 0. The number of carbonyl (C=O) groups excluding carboxylic acids is 1. The van der Waals surface area contributed by atoms with E-state index in [0.29, 0.717) is 35.1 Å². The second-order valence-electron chi connectivity index (χ2n) is 8.84. The minimum Gasteiger partial charge on any atom is -0.483 e. The van der Waals surface area contributed by atoms with Gasteiger partial charge in [-0.05, 0) is 37.8 Å². The van der Waals surface area contributed by atoms with Gasteiger partial charge in [0.05, 0.1) is 4.88 Å². The lowest BCUT2D eigenvalue weighted by atomic mass is 10.0. The smallest absolute Gasteiger partial charge is 0.263 e. The highest BCUT2D eigenvalue weighted by Crippen LogP contribution is 2.41. The monoisotopic (exact) mass is 491 g/mol. The number of rotatable bonds is 7. The maximum absolute atomic E-state index is 12.9. The van der Waals surface area contributed by atoms with E-state index in [0.717, 1.165) is 16.9 Å². The third-order valence-corrected chi connectivity index (χ3v) is 6.40. The molecule has 1 amide bonds. The summed E-state index contributed by atoms with van der Waals surface area (Å²) in [6, 6.07) is 12.7. The molecule has 1 aliphatic rings. The molecule has 4 heterocycles. The SMILES string of the molecule is CCc1cc(=O)[nH]c(-n2nc(-c3cccs3)cc2NC(=O)COc2cccc3c2OC(C)(C)C3)n1. The van der Waals surface area contributed by atoms with Crippen LogP contribution in [0.25, 0.3) is 16.5 Å². The first-order valence-corrected chi connectivity index (χ1v) is 12.2. The van der Waals surface area contributed by atoms with Gasteiger partial charge in [-0.3, -0.25) is 14.6 Å². The molecule has 0 bridgehead atoms. The van der Waals surface area contributed by atoms with Gasteiger partial charge in [0.2, 0.25) is 5.95 Å². The second-order valence-corrected chi connectivity index (χ2v) is 9.79. The van der Waals surface area contributed by atoms with Crippen molar-refractivity contribution >= 4 is 23.1 Å². The number of nitrogens with zero attached hydrogens (tertiary/aromatic N) is 3. The molecule has 1 aromatic carbocycles. The number of anilines is 1. The summed E-state index contributed by atoms with van der Waals surface area (Å²) in [5, 5.41) is 9.38. The summed E-state index contributed by atoms with van der Waals surface area (Å²) >= 11 is 1.52. The van der Waals surface area contributed by atoms with Gasteiger partial charge in [0.25, 0.3) is 11.5 Å². The summed E-state index contributed by atoms with van der Waals surface area (Å²) in [6.45, 7) is 5.72. The number of aromatic amines is 1. The third-order valence-electron chi connectivity index (χ3n) is 5.51. The van der Waals surface area contributed by atoms with Gasteiger partial charge < -0.3 is 14.8 Å². The van der Waals surface area contributed by atoms with Crippen molar-refractivity contribution in [2.45, 2.75) is 39.2 Å². The molecule has 0 radical (unpaired) electrons. The summed E-state index contributed by atoms with van der Waals surface area (Å²) in [5.41, 5.74) is 1.72. The van der Waals surface area contributed by atoms with Crippen molar-refractivity contribution in [1.29, 1.82) is 0 Å². The summed E-state index contributed by atoms with van der Waals surface area (Å²) in [5.74, 6) is 1.41. The van der Waals surface area contributed by atoms with Gasteiger partial charge >= 0.3 is 0 Å². The molecule has 0 atom stereocenters. The molecule has 0 spiro atoms. The normalized spacial score (nSPS) is 13.8. The van der Waals surface area contributed by atoms with Crippen molar-refractivity contribution in [3.63, 3.8) is 0 Å². The Labute approximate surface area is 205 Å². The van der Waals surface area contributed by atoms with Crippen molar-refractivity contribution in [3.8, 4) is 28.0 Å². The Morgan fingerprint density at radius 3 is 2.91 bits per heavy atom. The van der Waals surface area contributed by atoms with Crippen molar-refractivity contribution in [3.05, 3.63) is 69.5 Å². The van der Waals surface area contributed by atoms with Crippen LogP contribution in [-0.4, -0.2) is 37.9 Å². The molecule has 4 aromatic rings. The lowest BCUT2D eigenvalue weighted by Gasteiger charge is -2.18. The number of hydrogen-bond acceptors (Lipinski definition) is 7. The van der Waals surface area contributed by atoms with Crippen LogP contribution in [0.15, 0.2) is 52.6 Å². The molecule has 180 valence electrons. The van der Waals surface area contributed by atoms with E-state index in [1.165, 1.54) is 22.1 Å². The van der Waals surface area contributed by atoms with Gasteiger partial charge in [-0.2, -0.15) is 9.78 Å². The number of aromatic nitrogens is 4. The van der Waals surface area contributed by atoms with Gasteiger partial charge in [-0.25, -0.2) is 4.98 Å². The number of thiophene rings is 1. The van der Waals surface area contributed by atoms with E-state index < -0.39 is 0 Å². The Kier molecular flexibility index (Phi) is 5.89. The lowest BCUT2D eigenvalue weighted by molar-refractivity contribution is -0.118. The Balaban J connectivity index is 1.39. The van der Waals surface area contributed by atoms with E-state index in [9.17, 15) is 9.59 Å². The Bertz CT molecular complexity index is 1440. The zero-order valence-electron chi connectivity index (χ0n) is 19.6. The summed E-state index contributed by atoms with van der Waals surface area (Å²) in [4.78, 5) is 33.1. The third kappa shape index (κ3) is 4.83. The number of fused-ring (bicyclic) bond motifs is 1. The van der Waals surface area contributed by atoms with Crippen molar-refractivity contribution in [2.75, 3.05) is 11.9 Å². The first kappa shape index (κ1) is 22.9. The molecule has 0 unspecified atom stereocenters. The molecule has 9 nitrogen and oxygen atoms in total. The number of aryl methyl sites for hydroxylation is 1. The van der Waals surface area contributed by atoms with E-state index in [1.807, 2.05) is 50.4 Å². The highest BCUT2D eigenvalue weighted by atomic mass is 32.1. The quantitative estimate of drug-likeness (QED) is 0.405. The molecule has 2 N–H and O–H groups in total. The molecular weight excluding hydrogens is 466 g/mol. The number of benzene rings is 1. The minimum absolute atomic E-state index is 0.224. The first-order chi connectivity index (χ1) is 16.8. The molecule has 0 saturated carbocycles. The Hall–Kier alpha value is -3.92. The average molecular weight is 492 g/mol. The number of para-hydroxylation sites is 1. The molecule has 1 aliphatic heterocycles. The molecular formula is C25H25N5O4S. The van der Waals surface area contributed by atoms with Crippen molar-refractivity contribution in [2.24, 2.45) is 0 Å². The van der Waals surface area contributed by atoms with Gasteiger partial charge in [0, 0.05) is 29.8 Å². The lowest BCUT2D eigenvalue weighted by Crippen LogP contribution is -2.25. The van der Waals surface area contributed by atoms with Crippen LogP contribution in [-0.2, 0) is 17.6 Å². The average Bonchev–Trinajstić information content (AvgIpc) is 3.54. The number of H-pyrrole nitrogens is 1. The maximum atomic E-state index is 12.9. The van der Waals surface area contributed by atoms with Crippen LogP contribution < -0.4 is 20.3 Å². The number of nitrogens with one attached hydrogen (secondary N) is 2. The van der Waals surface area contributed by atoms with Crippen molar-refractivity contribution < 1.29 is 14.3 Å². The van der Waals surface area contributed by atoms with E-state index in [1.54, 1.807) is 12.1 Å². The number of carbonyl (C=O) groups is 1. The first-order valence-electron chi connectivity index (χ1n) is 11.3. The molecule has 35 heavy (non-hydrogen) atoms. The van der Waals surface area contributed by atoms with Crippen LogP contribution in [0, 0.1) is 0 Å². The van der Waals surface area contributed by atoms with Crippen LogP contribution in [0.1, 0.15) is 32.0 Å². The summed E-state index contributed by atoms with van der Waals surface area (Å²) < 4.78 is 13.3. The number of ether oxygens (including phenoxy) is 2. The molecule has 10 heteroatoms. The Morgan fingerprint density at radius 1 is 1.29 bits per heavy atom. The van der Waals surface area contributed by atoms with Crippen LogP contribution in [0.3, 0.4) is 0 Å². The molecule has 0 saturated heterocycles. The van der Waals surface area contributed by atoms with E-state index in [2.05, 4.69) is 20.4 Å². The zero-order valence-corrected chi connectivity index (χ0v) is 20.4. The molecule has 3 aromatic heterocycles. The van der Waals surface area contributed by atoms with E-state index in [4.69, 9.17) is 9.47 Å². The van der Waals surface area contributed by atoms with Crippen LogP contribution in [0.4, 0.5) is 5.82 Å². The fourth-order valence-corrected chi connectivity index (χ4v) is 4.66. The van der Waals surface area contributed by atoms with Gasteiger partial charge in [0.1, 0.15) is 17.1 Å². The van der Waals surface area contributed by atoms with E-state index in [-0.39, 0.29) is 29.6 Å². The minimum atomic E-state index is -0.382. The standard InChI is InChI=1S/C25H25N5O4S/c1-4-16-11-21(31)28-24(26-16)30-20(12-17(29-30)19-9-6-10-35-19)27-22(32)14-33-18-8-5-7-15-13-25(2,3)34-23(15)18/h5-12H,4,13-14H2,1-3H3,(H,27,32)(H,26,28,31). The predicted molar refractivity (Wildman–Crippen MR) is 134 cm³/mol. The molecule has 0 aliphatic carbocycles. The summed E-state index contributed by atoms with van der Waals surface area (Å²) in [6.07, 6.45) is 1.37. The van der Waals surface area contributed by atoms with Gasteiger partial charge in [-0.1, -0.05) is 25.1 Å². The second kappa shape index (κ2) is 9.03. The highest BCUT2D eigenvalue weighted by molar-refractivity contribution is 7.13. The molecule has 0 fully saturated rings. The van der Waals surface area contributed by atoms with Gasteiger partial charge in [0.15, 0.2) is 18.1 Å². The topological polar surface area (TPSA) is 111 Å². The van der Waals surface area contributed by atoms with Crippen molar-refractivity contribution in [1.82, 2.24) is 19.7 Å². The number of amides is 1. The largest absolute Gasteiger partial charge is 0.483 e. The predicted octanol–water partition coefficient (Wildman–Crippen LogP) is 3.98. The van der Waals surface area contributed by atoms with Gasteiger partial charge in [-0.15, -0.1) is 11.3 Å². The number of hydrogen-bond donors (Lipinski definition) is 2. The van der Waals surface area contributed by atoms with Crippen LogP contribution in [0.5, 0.6) is 11.5 Å². The fraction of sp³-hybridized carbons (Fsp3) is 0.280. The van der Waals surface area contributed by atoms with Crippen LogP contribution >= 0.6 is 11.3 Å². The Morgan fingerprint density at radius 2 is 2.14 bits per heavy atom. The fourth-order valence-electron chi connectivity index (χ4n) is 3.97. The molecule has 5 rings (SSSR count). The maximum Gasteiger partial charge on any atom is 0.263 e. The highest BCUT2D eigenvalue weighted by Gasteiger charge is 2.32.